The van der Waals surface area contributed by atoms with Crippen molar-refractivity contribution >= 4 is 40.1 Å². The maximum Gasteiger partial charge on any atom is 0.262 e. The monoisotopic (exact) mass is 530 g/mol. The lowest BCUT2D eigenvalue weighted by atomic mass is 9.98. The molecule has 1 N–H and O–H groups in total. The predicted molar refractivity (Wildman–Crippen MR) is 148 cm³/mol. The molecule has 3 aromatic carbocycles. The first-order chi connectivity index (χ1) is 18.4. The van der Waals surface area contributed by atoms with E-state index in [4.69, 9.17) is 9.84 Å². The van der Waals surface area contributed by atoms with E-state index in [1.807, 2.05) is 38.1 Å². The number of thioether (sulfide) groups is 1. The summed E-state index contributed by atoms with van der Waals surface area (Å²) in [7, 11) is 0. The first kappa shape index (κ1) is 25.7. The first-order valence-corrected chi connectivity index (χ1v) is 13.3. The molecule has 7 nitrogen and oxygen atoms in total. The van der Waals surface area contributed by atoms with Gasteiger partial charge in [0.25, 0.3) is 5.91 Å². The maximum absolute atomic E-state index is 13.5. The number of hydrazone groups is 1. The highest BCUT2D eigenvalue weighted by Gasteiger charge is 2.39. The number of carbonyl (C=O) groups excluding carboxylic acids is 2. The minimum absolute atomic E-state index is 0.0126. The van der Waals surface area contributed by atoms with E-state index in [1.54, 1.807) is 41.4 Å². The van der Waals surface area contributed by atoms with Crippen LogP contribution in [-0.4, -0.2) is 39.6 Å². The third-order valence-electron chi connectivity index (χ3n) is 6.29. The Labute approximate surface area is 224 Å². The minimum atomic E-state index is -0.642. The second-order valence-corrected chi connectivity index (χ2v) is 10.2. The number of nitrogens with zero attached hydrogens (tertiary/aromatic N) is 3. The van der Waals surface area contributed by atoms with Crippen LogP contribution in [0, 0.1) is 12.7 Å². The van der Waals surface area contributed by atoms with Crippen LogP contribution >= 0.6 is 11.8 Å². The normalized spacial score (nSPS) is 18.8. The fourth-order valence-electron chi connectivity index (χ4n) is 4.34. The number of hydrogen-bond acceptors (Lipinski definition) is 6. The van der Waals surface area contributed by atoms with Crippen molar-refractivity contribution in [3.05, 3.63) is 95.3 Å². The van der Waals surface area contributed by atoms with Crippen molar-refractivity contribution in [3.63, 3.8) is 0 Å². The van der Waals surface area contributed by atoms with Crippen LogP contribution < -0.4 is 10.1 Å². The number of amides is 2. The molecular weight excluding hydrogens is 503 g/mol. The van der Waals surface area contributed by atoms with Crippen molar-refractivity contribution in [3.8, 4) is 5.75 Å². The Morgan fingerprint density at radius 3 is 2.47 bits per heavy atom. The molecule has 194 valence electrons. The van der Waals surface area contributed by atoms with Crippen molar-refractivity contribution in [2.75, 3.05) is 11.9 Å². The highest BCUT2D eigenvalue weighted by atomic mass is 32.2. The van der Waals surface area contributed by atoms with Gasteiger partial charge in [-0.2, -0.15) is 10.1 Å². The number of benzene rings is 3. The second-order valence-electron chi connectivity index (χ2n) is 9.08. The molecule has 3 aromatic rings. The number of hydrogen-bond donors (Lipinski definition) is 1. The van der Waals surface area contributed by atoms with Crippen LogP contribution in [0.4, 0.5) is 10.1 Å². The maximum atomic E-state index is 13.5. The zero-order valence-electron chi connectivity index (χ0n) is 21.1. The highest BCUT2D eigenvalue weighted by Crippen LogP contribution is 2.38. The molecule has 2 aliphatic rings. The topological polar surface area (TPSA) is 83.4 Å². The number of nitrogens with one attached hydrogen (secondary N) is 1. The molecule has 0 aromatic heterocycles. The molecule has 2 aliphatic heterocycles. The Kier molecular flexibility index (Phi) is 7.55. The van der Waals surface area contributed by atoms with E-state index in [1.165, 1.54) is 23.9 Å². The summed E-state index contributed by atoms with van der Waals surface area (Å²) in [6, 6.07) is 21.3. The molecule has 0 fully saturated rings. The van der Waals surface area contributed by atoms with Gasteiger partial charge in [0.1, 0.15) is 16.8 Å². The number of ether oxygens (including phenoxy) is 1. The lowest BCUT2D eigenvalue weighted by Crippen LogP contribution is -2.25. The van der Waals surface area contributed by atoms with Gasteiger partial charge in [0.2, 0.25) is 5.91 Å². The Bertz CT molecular complexity index is 1390. The minimum Gasteiger partial charge on any atom is -0.494 e. The van der Waals surface area contributed by atoms with Crippen LogP contribution in [-0.2, 0) is 9.59 Å². The van der Waals surface area contributed by atoms with Gasteiger partial charge in [0.15, 0.2) is 5.17 Å². The van der Waals surface area contributed by atoms with Gasteiger partial charge in [-0.3, -0.25) is 9.59 Å². The van der Waals surface area contributed by atoms with Gasteiger partial charge in [-0.25, -0.2) is 9.40 Å². The van der Waals surface area contributed by atoms with E-state index in [0.29, 0.717) is 23.9 Å². The first-order valence-electron chi connectivity index (χ1n) is 12.4. The molecule has 0 radical (unpaired) electrons. The third-order valence-corrected chi connectivity index (χ3v) is 7.44. The summed E-state index contributed by atoms with van der Waals surface area (Å²) >= 11 is 1.24. The molecule has 0 spiro atoms. The van der Waals surface area contributed by atoms with Crippen LogP contribution in [0.15, 0.2) is 82.9 Å². The van der Waals surface area contributed by atoms with Crippen LogP contribution in [0.3, 0.4) is 0 Å². The van der Waals surface area contributed by atoms with Gasteiger partial charge < -0.3 is 10.1 Å². The molecule has 2 heterocycles. The largest absolute Gasteiger partial charge is 0.494 e. The average Bonchev–Trinajstić information content (AvgIpc) is 3.50. The molecule has 5 rings (SSSR count). The van der Waals surface area contributed by atoms with E-state index in [9.17, 15) is 14.0 Å². The summed E-state index contributed by atoms with van der Waals surface area (Å²) in [5.74, 6) is -0.227. The smallest absolute Gasteiger partial charge is 0.262 e. The number of anilines is 1. The number of rotatable bonds is 7. The number of carbonyl (C=O) groups is 2. The summed E-state index contributed by atoms with van der Waals surface area (Å²) in [4.78, 5) is 29.8. The Morgan fingerprint density at radius 1 is 1.08 bits per heavy atom. The summed E-state index contributed by atoms with van der Waals surface area (Å²) < 4.78 is 18.9. The second kappa shape index (κ2) is 11.2. The Morgan fingerprint density at radius 2 is 1.79 bits per heavy atom. The van der Waals surface area contributed by atoms with Crippen LogP contribution in [0.1, 0.15) is 42.5 Å². The molecule has 0 saturated heterocycles. The van der Waals surface area contributed by atoms with E-state index in [0.717, 1.165) is 28.2 Å². The van der Waals surface area contributed by atoms with Crippen molar-refractivity contribution in [1.82, 2.24) is 5.01 Å². The van der Waals surface area contributed by atoms with E-state index in [-0.39, 0.29) is 30.1 Å². The summed E-state index contributed by atoms with van der Waals surface area (Å²) in [6.45, 7) is 4.49. The van der Waals surface area contributed by atoms with E-state index >= 15 is 0 Å². The Balaban J connectivity index is 1.31. The standard InChI is InChI=1S/C29H27FN4O3S/c1-3-37-23-14-12-22(13-15-23)31-27(35)17-26-28(36)32-29(38-26)34-25(20-6-4-18(2)5-7-20)16-24(33-34)19-8-10-21(30)11-9-19/h4-15,25-26H,3,16-17H2,1-2H3,(H,31,35). The fraction of sp³-hybridized carbons (Fsp3) is 0.241. The van der Waals surface area contributed by atoms with E-state index in [2.05, 4.69) is 10.3 Å². The number of aliphatic imine (C=N–C) groups is 1. The summed E-state index contributed by atoms with van der Waals surface area (Å²) in [6.07, 6.45) is 0.562. The van der Waals surface area contributed by atoms with Crippen molar-refractivity contribution in [2.24, 2.45) is 10.1 Å². The zero-order valence-corrected chi connectivity index (χ0v) is 21.9. The highest BCUT2D eigenvalue weighted by molar-refractivity contribution is 8.15. The lowest BCUT2D eigenvalue weighted by Gasteiger charge is -2.23. The molecule has 9 heteroatoms. The van der Waals surface area contributed by atoms with Gasteiger partial charge in [-0.1, -0.05) is 53.7 Å². The van der Waals surface area contributed by atoms with Crippen LogP contribution in [0.5, 0.6) is 5.75 Å². The van der Waals surface area contributed by atoms with Crippen LogP contribution in [0.25, 0.3) is 0 Å². The number of amidine groups is 1. The molecule has 0 saturated carbocycles. The quantitative estimate of drug-likeness (QED) is 0.423. The number of halogens is 1. The SMILES string of the molecule is CCOc1ccc(NC(=O)CC2SC(N3N=C(c4ccc(F)cc4)CC3c3ccc(C)cc3)=NC2=O)cc1. The van der Waals surface area contributed by atoms with Gasteiger partial charge in [0, 0.05) is 18.5 Å². The Hall–Kier alpha value is -3.98. The van der Waals surface area contributed by atoms with Gasteiger partial charge in [0.05, 0.1) is 18.4 Å². The summed E-state index contributed by atoms with van der Waals surface area (Å²) in [5.41, 5.74) is 4.39. The molecule has 2 amide bonds. The van der Waals surface area contributed by atoms with Gasteiger partial charge in [-0.15, -0.1) is 0 Å². The third kappa shape index (κ3) is 5.78. The lowest BCUT2D eigenvalue weighted by molar-refractivity contribution is -0.121. The van der Waals surface area contributed by atoms with Gasteiger partial charge in [-0.05, 0) is 61.4 Å². The molecule has 0 aliphatic carbocycles. The summed E-state index contributed by atoms with van der Waals surface area (Å²) in [5, 5.41) is 9.21. The fourth-order valence-corrected chi connectivity index (χ4v) is 5.40. The molecule has 0 bridgehead atoms. The van der Waals surface area contributed by atoms with E-state index < -0.39 is 5.25 Å². The molecule has 2 atom stereocenters. The molecular formula is C29H27FN4O3S. The van der Waals surface area contributed by atoms with Crippen molar-refractivity contribution in [1.29, 1.82) is 0 Å². The van der Waals surface area contributed by atoms with Crippen LogP contribution in [0.2, 0.25) is 0 Å². The number of aryl methyl sites for hydroxylation is 1. The molecule has 2 unspecified atom stereocenters. The zero-order chi connectivity index (χ0) is 26.6. The average molecular weight is 531 g/mol. The van der Waals surface area contributed by atoms with Crippen molar-refractivity contribution < 1.29 is 18.7 Å². The molecule has 38 heavy (non-hydrogen) atoms. The van der Waals surface area contributed by atoms with Crippen molar-refractivity contribution in [2.45, 2.75) is 38.0 Å². The van der Waals surface area contributed by atoms with Gasteiger partial charge >= 0.3 is 0 Å². The predicted octanol–water partition coefficient (Wildman–Crippen LogP) is 5.71.